The highest BCUT2D eigenvalue weighted by Crippen LogP contribution is 2.72. The number of fused-ring (bicyclic) bond motifs is 3. The maximum atomic E-state index is 13.0. The Hall–Kier alpha value is -1.79. The summed E-state index contributed by atoms with van der Waals surface area (Å²) in [5.41, 5.74) is 0.754. The minimum absolute atomic E-state index is 0.0199. The van der Waals surface area contributed by atoms with Gasteiger partial charge in [0.1, 0.15) is 0 Å². The van der Waals surface area contributed by atoms with Crippen LogP contribution in [0.2, 0.25) is 0 Å². The Morgan fingerprint density at radius 2 is 2.17 bits per heavy atom. The number of hydrogen-bond donors (Lipinski definition) is 2. The van der Waals surface area contributed by atoms with E-state index in [4.69, 9.17) is 9.47 Å². The third-order valence-electron chi connectivity index (χ3n) is 9.14. The molecule has 0 unspecified atom stereocenters. The molecule has 3 aliphatic carbocycles. The Kier molecular flexibility index (Phi) is 2.97. The van der Waals surface area contributed by atoms with Crippen LogP contribution in [0.4, 0.5) is 0 Å². The Labute approximate surface area is 170 Å². The largest absolute Gasteiger partial charge is 0.493 e. The summed E-state index contributed by atoms with van der Waals surface area (Å²) in [6.07, 6.45) is 6.04. The molecule has 2 N–H and O–H groups in total. The first-order valence-corrected chi connectivity index (χ1v) is 11.2. The molecule has 5 fully saturated rings. The number of nitrogens with zero attached hydrogens (tertiary/aromatic N) is 1. The summed E-state index contributed by atoms with van der Waals surface area (Å²) in [7, 11) is 1.68. The third-order valence-corrected chi connectivity index (χ3v) is 9.14. The molecule has 5 atom stereocenters. The Bertz CT molecular complexity index is 945. The van der Waals surface area contributed by atoms with E-state index in [1.807, 2.05) is 6.07 Å². The van der Waals surface area contributed by atoms with Gasteiger partial charge in [-0.25, -0.2) is 0 Å². The van der Waals surface area contributed by atoms with E-state index in [0.29, 0.717) is 18.9 Å². The summed E-state index contributed by atoms with van der Waals surface area (Å²) >= 11 is 0. The Morgan fingerprint density at radius 3 is 2.97 bits per heavy atom. The molecular formula is C23H28N2O4. The second-order valence-electron chi connectivity index (χ2n) is 10.3. The van der Waals surface area contributed by atoms with E-state index < -0.39 is 11.8 Å². The van der Waals surface area contributed by atoms with Gasteiger partial charge in [0.25, 0.3) is 0 Å². The number of ether oxygens (including phenoxy) is 2. The molecule has 4 heterocycles. The summed E-state index contributed by atoms with van der Waals surface area (Å²) < 4.78 is 12.2. The van der Waals surface area contributed by atoms with E-state index >= 15 is 0 Å². The van der Waals surface area contributed by atoms with E-state index in [9.17, 15) is 9.90 Å². The molecular weight excluding hydrogens is 368 g/mol. The minimum Gasteiger partial charge on any atom is -0.493 e. The first-order valence-electron chi connectivity index (χ1n) is 11.2. The zero-order valence-corrected chi connectivity index (χ0v) is 16.9. The number of methoxy groups -OCH3 is 1. The molecule has 2 saturated carbocycles. The Balaban J connectivity index is 1.51. The molecule has 6 nitrogen and oxygen atoms in total. The third kappa shape index (κ3) is 1.81. The van der Waals surface area contributed by atoms with Crippen LogP contribution in [0, 0.1) is 11.3 Å². The molecule has 4 aliphatic heterocycles. The predicted octanol–water partition coefficient (Wildman–Crippen LogP) is 1.72. The van der Waals surface area contributed by atoms with Gasteiger partial charge in [-0.15, -0.1) is 0 Å². The van der Waals surface area contributed by atoms with E-state index in [2.05, 4.69) is 16.3 Å². The molecule has 0 aromatic heterocycles. The number of benzene rings is 1. The minimum atomic E-state index is -1.31. The highest BCUT2D eigenvalue weighted by Gasteiger charge is 2.77. The normalized spacial score (nSPS) is 44.0. The average Bonchev–Trinajstić information content (AvgIpc) is 3.46. The number of likely N-dealkylation sites (tertiary alicyclic amines) is 1. The van der Waals surface area contributed by atoms with E-state index in [-0.39, 0.29) is 16.7 Å². The van der Waals surface area contributed by atoms with Gasteiger partial charge in [-0.1, -0.05) is 6.07 Å². The number of carbonyl (C=O) groups is 1. The molecule has 2 spiro atoms. The number of carbonyl (C=O) groups excluding carboxylic acids is 1. The number of hydrogen-bond acceptors (Lipinski definition) is 5. The van der Waals surface area contributed by atoms with Crippen LogP contribution in [0.1, 0.15) is 49.7 Å². The number of amides is 1. The zero-order valence-electron chi connectivity index (χ0n) is 16.9. The summed E-state index contributed by atoms with van der Waals surface area (Å²) in [4.78, 5) is 15.7. The van der Waals surface area contributed by atoms with Crippen molar-refractivity contribution in [3.05, 3.63) is 23.3 Å². The molecule has 3 saturated heterocycles. The maximum Gasteiger partial charge on any atom is 0.222 e. The van der Waals surface area contributed by atoms with Gasteiger partial charge in [0.2, 0.25) is 5.91 Å². The lowest BCUT2D eigenvalue weighted by atomic mass is 9.42. The van der Waals surface area contributed by atoms with Gasteiger partial charge in [0.15, 0.2) is 23.3 Å². The Morgan fingerprint density at radius 1 is 1.31 bits per heavy atom. The van der Waals surface area contributed by atoms with Crippen molar-refractivity contribution in [1.82, 2.24) is 10.2 Å². The SMILES string of the molecule is COc1ccc2c3c1O[C@H]1[C@@]4(O)CC[C@@]5(CC(=O)N4)[C@@H](C2)N(CC2CC2)CC[C@]315. The van der Waals surface area contributed by atoms with Gasteiger partial charge in [-0.2, -0.15) is 0 Å². The molecule has 6 heteroatoms. The molecule has 1 amide bonds. The van der Waals surface area contributed by atoms with Gasteiger partial charge in [0.05, 0.1) is 7.11 Å². The van der Waals surface area contributed by atoms with E-state index in [1.165, 1.54) is 24.0 Å². The monoisotopic (exact) mass is 396 g/mol. The lowest BCUT2D eigenvalue weighted by molar-refractivity contribution is -0.195. The van der Waals surface area contributed by atoms with Gasteiger partial charge in [-0.3, -0.25) is 9.69 Å². The lowest BCUT2D eigenvalue weighted by Crippen LogP contribution is -2.75. The second kappa shape index (κ2) is 5.09. The zero-order chi connectivity index (χ0) is 19.6. The van der Waals surface area contributed by atoms with Crippen LogP contribution < -0.4 is 14.8 Å². The molecule has 1 aromatic rings. The second-order valence-corrected chi connectivity index (χ2v) is 10.3. The fraction of sp³-hybridized carbons (Fsp3) is 0.696. The van der Waals surface area contributed by atoms with Crippen molar-refractivity contribution >= 4 is 5.91 Å². The number of nitrogens with one attached hydrogen (secondary N) is 1. The van der Waals surface area contributed by atoms with Gasteiger partial charge >= 0.3 is 0 Å². The van der Waals surface area contributed by atoms with Crippen LogP contribution in [0.15, 0.2) is 12.1 Å². The van der Waals surface area contributed by atoms with Gasteiger partial charge < -0.3 is 19.9 Å². The summed E-state index contributed by atoms with van der Waals surface area (Å²) in [5, 5.41) is 14.6. The highest BCUT2D eigenvalue weighted by molar-refractivity contribution is 5.81. The topological polar surface area (TPSA) is 71.0 Å². The van der Waals surface area contributed by atoms with E-state index in [1.54, 1.807) is 7.11 Å². The van der Waals surface area contributed by atoms with Crippen molar-refractivity contribution in [3.8, 4) is 11.5 Å². The molecule has 29 heavy (non-hydrogen) atoms. The van der Waals surface area contributed by atoms with Crippen molar-refractivity contribution in [3.63, 3.8) is 0 Å². The number of piperidine rings is 1. The van der Waals surface area contributed by atoms with Crippen LogP contribution in [-0.4, -0.2) is 54.0 Å². The van der Waals surface area contributed by atoms with Crippen LogP contribution in [0.25, 0.3) is 0 Å². The van der Waals surface area contributed by atoms with Crippen LogP contribution in [-0.2, 0) is 16.6 Å². The van der Waals surface area contributed by atoms with E-state index in [0.717, 1.165) is 49.8 Å². The predicted molar refractivity (Wildman–Crippen MR) is 105 cm³/mol. The molecule has 8 rings (SSSR count). The molecule has 154 valence electrons. The molecule has 1 aromatic carbocycles. The first kappa shape index (κ1) is 16.9. The van der Waals surface area contributed by atoms with Crippen molar-refractivity contribution in [2.45, 2.75) is 68.2 Å². The van der Waals surface area contributed by atoms with Gasteiger partial charge in [0, 0.05) is 35.4 Å². The first-order chi connectivity index (χ1) is 14.0. The van der Waals surface area contributed by atoms with Crippen molar-refractivity contribution in [2.75, 3.05) is 20.2 Å². The molecule has 0 radical (unpaired) electrons. The fourth-order valence-electron chi connectivity index (χ4n) is 7.92. The van der Waals surface area contributed by atoms with Crippen molar-refractivity contribution in [1.29, 1.82) is 0 Å². The van der Waals surface area contributed by atoms with Crippen molar-refractivity contribution < 1.29 is 19.4 Å². The quantitative estimate of drug-likeness (QED) is 0.814. The molecule has 7 aliphatic rings. The summed E-state index contributed by atoms with van der Waals surface area (Å²) in [6.45, 7) is 2.17. The van der Waals surface area contributed by atoms with Gasteiger partial charge in [-0.05, 0) is 62.6 Å². The van der Waals surface area contributed by atoms with Crippen LogP contribution in [0.5, 0.6) is 11.5 Å². The van der Waals surface area contributed by atoms with Crippen molar-refractivity contribution in [2.24, 2.45) is 11.3 Å². The maximum absolute atomic E-state index is 13.0. The van der Waals surface area contributed by atoms with Crippen LogP contribution in [0.3, 0.4) is 0 Å². The fourth-order valence-corrected chi connectivity index (χ4v) is 7.92. The lowest BCUT2D eigenvalue weighted by Gasteiger charge is -2.66. The summed E-state index contributed by atoms with van der Waals surface area (Å²) in [6, 6.07) is 4.55. The number of aliphatic hydroxyl groups is 1. The smallest absolute Gasteiger partial charge is 0.222 e. The number of rotatable bonds is 3. The van der Waals surface area contributed by atoms with Crippen LogP contribution >= 0.6 is 0 Å². The summed E-state index contributed by atoms with van der Waals surface area (Å²) in [5.74, 6) is 2.36. The standard InChI is InChI=1S/C23H28N2O4/c1-28-15-5-4-14-10-16-21-6-7-23(27,24-17(26)11-21)20-22(21,18(14)19(15)29-20)8-9-25(16)12-13-2-3-13/h4-5,13,16,20,27H,2-3,6-12H2,1H3,(H,24,26)/t16-,20-,21-,22+,23+/m1/s1. The molecule has 4 bridgehead atoms. The highest BCUT2D eigenvalue weighted by atomic mass is 16.5. The average molecular weight is 396 g/mol.